The maximum Gasteiger partial charge on any atom is 0.129 e. The Morgan fingerprint density at radius 2 is 2.17 bits per heavy atom. The number of fused-ring (bicyclic) bond motifs is 1. The van der Waals surface area contributed by atoms with Crippen LogP contribution in [0.5, 0.6) is 0 Å². The molecule has 0 spiro atoms. The van der Waals surface area contributed by atoms with Crippen LogP contribution in [0.1, 0.15) is 25.7 Å². The quantitative estimate of drug-likeness (QED) is 0.694. The minimum Gasteiger partial charge on any atom is -0.380 e. The van der Waals surface area contributed by atoms with Crippen LogP contribution in [0.3, 0.4) is 0 Å². The number of hydrogen-bond acceptors (Lipinski definition) is 4. The van der Waals surface area contributed by atoms with E-state index >= 15 is 0 Å². The Hall–Kier alpha value is -0.450. The summed E-state index contributed by atoms with van der Waals surface area (Å²) in [5, 5.41) is 0. The fourth-order valence-electron chi connectivity index (χ4n) is 3.75. The van der Waals surface area contributed by atoms with E-state index in [1.54, 1.807) is 0 Å². The molecule has 0 aromatic rings. The lowest BCUT2D eigenvalue weighted by molar-refractivity contribution is -0.117. The highest BCUT2D eigenvalue weighted by Gasteiger charge is 2.38. The molecular weight excluding hydrogens is 228 g/mol. The van der Waals surface area contributed by atoms with Crippen molar-refractivity contribution >= 4 is 6.29 Å². The number of rotatable bonds is 3. The van der Waals surface area contributed by atoms with Crippen molar-refractivity contribution in [3.8, 4) is 0 Å². The van der Waals surface area contributed by atoms with Gasteiger partial charge in [0.15, 0.2) is 0 Å². The molecule has 0 aliphatic carbocycles. The Morgan fingerprint density at radius 3 is 2.94 bits per heavy atom. The van der Waals surface area contributed by atoms with Crippen LogP contribution in [-0.2, 0) is 9.53 Å². The van der Waals surface area contributed by atoms with Gasteiger partial charge in [0, 0.05) is 25.7 Å². The van der Waals surface area contributed by atoms with Gasteiger partial charge >= 0.3 is 0 Å². The third-order valence-corrected chi connectivity index (χ3v) is 4.81. The summed E-state index contributed by atoms with van der Waals surface area (Å²) < 4.78 is 5.44. The lowest BCUT2D eigenvalue weighted by Crippen LogP contribution is -2.43. The molecule has 3 aliphatic heterocycles. The van der Waals surface area contributed by atoms with E-state index in [2.05, 4.69) is 9.80 Å². The Bertz CT molecular complexity index is 302. The number of carbonyl (C=O) groups is 1. The van der Waals surface area contributed by atoms with Gasteiger partial charge in [0.25, 0.3) is 0 Å². The highest BCUT2D eigenvalue weighted by Crippen LogP contribution is 2.29. The molecule has 18 heavy (non-hydrogen) atoms. The second kappa shape index (κ2) is 5.27. The summed E-state index contributed by atoms with van der Waals surface area (Å²) in [6.07, 6.45) is 5.98. The first-order valence-electron chi connectivity index (χ1n) is 7.32. The van der Waals surface area contributed by atoms with Gasteiger partial charge in [-0.2, -0.15) is 0 Å². The van der Waals surface area contributed by atoms with Crippen molar-refractivity contribution in [2.75, 3.05) is 45.9 Å². The van der Waals surface area contributed by atoms with Crippen LogP contribution >= 0.6 is 0 Å². The summed E-state index contributed by atoms with van der Waals surface area (Å²) in [6, 6.07) is 0.735. The van der Waals surface area contributed by atoms with Gasteiger partial charge in [0.1, 0.15) is 6.29 Å². The zero-order chi connectivity index (χ0) is 12.4. The largest absolute Gasteiger partial charge is 0.380 e. The van der Waals surface area contributed by atoms with Crippen molar-refractivity contribution in [3.05, 3.63) is 0 Å². The maximum atomic E-state index is 11.4. The standard InChI is InChI=1S/C14H24N2O2/c17-11-14(4-8-18-12-14)10-15-5-2-7-16-6-1-3-13(16)9-15/h11,13H,1-10,12H2. The average molecular weight is 252 g/mol. The smallest absolute Gasteiger partial charge is 0.129 e. The highest BCUT2D eigenvalue weighted by atomic mass is 16.5. The lowest BCUT2D eigenvalue weighted by atomic mass is 9.88. The maximum absolute atomic E-state index is 11.4. The fraction of sp³-hybridized carbons (Fsp3) is 0.929. The van der Waals surface area contributed by atoms with Gasteiger partial charge in [-0.1, -0.05) is 0 Å². The Morgan fingerprint density at radius 1 is 1.28 bits per heavy atom. The van der Waals surface area contributed by atoms with Gasteiger partial charge in [-0.15, -0.1) is 0 Å². The van der Waals surface area contributed by atoms with E-state index in [4.69, 9.17) is 4.74 Å². The normalized spacial score (nSPS) is 38.6. The van der Waals surface area contributed by atoms with E-state index < -0.39 is 0 Å². The van der Waals surface area contributed by atoms with Crippen LogP contribution in [0.2, 0.25) is 0 Å². The zero-order valence-electron chi connectivity index (χ0n) is 11.1. The molecule has 102 valence electrons. The van der Waals surface area contributed by atoms with E-state index in [1.165, 1.54) is 32.4 Å². The topological polar surface area (TPSA) is 32.8 Å². The summed E-state index contributed by atoms with van der Waals surface area (Å²) >= 11 is 0. The number of nitrogens with zero attached hydrogens (tertiary/aromatic N) is 2. The predicted octanol–water partition coefficient (Wildman–Crippen LogP) is 0.762. The second-order valence-corrected chi connectivity index (χ2v) is 6.20. The van der Waals surface area contributed by atoms with Crippen molar-refractivity contribution in [2.24, 2.45) is 5.41 Å². The van der Waals surface area contributed by atoms with Crippen LogP contribution in [0.4, 0.5) is 0 Å². The van der Waals surface area contributed by atoms with Gasteiger partial charge in [0.2, 0.25) is 0 Å². The van der Waals surface area contributed by atoms with Crippen molar-refractivity contribution in [1.29, 1.82) is 0 Å². The molecule has 3 aliphatic rings. The van der Waals surface area contributed by atoms with E-state index in [0.29, 0.717) is 6.61 Å². The van der Waals surface area contributed by atoms with Gasteiger partial charge < -0.3 is 14.4 Å². The first-order chi connectivity index (χ1) is 8.81. The molecule has 3 fully saturated rings. The molecule has 0 radical (unpaired) electrons. The molecule has 4 heteroatoms. The summed E-state index contributed by atoms with van der Waals surface area (Å²) in [5.74, 6) is 0. The molecule has 0 bridgehead atoms. The fourth-order valence-corrected chi connectivity index (χ4v) is 3.75. The Labute approximate surface area is 109 Å². The van der Waals surface area contributed by atoms with Crippen molar-refractivity contribution in [3.63, 3.8) is 0 Å². The van der Waals surface area contributed by atoms with Crippen LogP contribution in [0, 0.1) is 5.41 Å². The molecule has 0 saturated carbocycles. The monoisotopic (exact) mass is 252 g/mol. The molecule has 4 nitrogen and oxygen atoms in total. The third kappa shape index (κ3) is 2.46. The molecule has 0 N–H and O–H groups in total. The Balaban J connectivity index is 1.63. The minimum atomic E-state index is -0.215. The first-order valence-corrected chi connectivity index (χ1v) is 7.32. The van der Waals surface area contributed by atoms with Crippen LogP contribution < -0.4 is 0 Å². The summed E-state index contributed by atoms with van der Waals surface area (Å²) in [4.78, 5) is 16.5. The summed E-state index contributed by atoms with van der Waals surface area (Å²) in [5.41, 5.74) is -0.215. The number of aldehydes is 1. The zero-order valence-corrected chi connectivity index (χ0v) is 11.1. The molecule has 3 rings (SSSR count). The number of carbonyl (C=O) groups excluding carboxylic acids is 1. The molecule has 3 heterocycles. The molecule has 0 amide bonds. The van der Waals surface area contributed by atoms with Gasteiger partial charge in [-0.3, -0.25) is 4.90 Å². The van der Waals surface area contributed by atoms with Crippen molar-refractivity contribution < 1.29 is 9.53 Å². The van der Waals surface area contributed by atoms with Gasteiger partial charge in [-0.25, -0.2) is 0 Å². The molecule has 2 unspecified atom stereocenters. The van der Waals surface area contributed by atoms with Crippen molar-refractivity contribution in [1.82, 2.24) is 9.80 Å². The minimum absolute atomic E-state index is 0.215. The predicted molar refractivity (Wildman–Crippen MR) is 69.6 cm³/mol. The van der Waals surface area contributed by atoms with Gasteiger partial charge in [0.05, 0.1) is 12.0 Å². The highest BCUT2D eigenvalue weighted by molar-refractivity contribution is 5.60. The summed E-state index contributed by atoms with van der Waals surface area (Å²) in [6.45, 7) is 7.09. The van der Waals surface area contributed by atoms with E-state index in [9.17, 15) is 4.79 Å². The van der Waals surface area contributed by atoms with Crippen LogP contribution in [0.25, 0.3) is 0 Å². The summed E-state index contributed by atoms with van der Waals surface area (Å²) in [7, 11) is 0. The van der Waals surface area contributed by atoms with Crippen molar-refractivity contribution in [2.45, 2.75) is 31.7 Å². The third-order valence-electron chi connectivity index (χ3n) is 4.81. The van der Waals surface area contributed by atoms with Gasteiger partial charge in [-0.05, 0) is 45.3 Å². The van der Waals surface area contributed by atoms with Crippen LogP contribution in [0.15, 0.2) is 0 Å². The first kappa shape index (κ1) is 12.6. The second-order valence-electron chi connectivity index (χ2n) is 6.20. The SMILES string of the molecule is O=CC1(CN2CCCN3CCCC3C2)CCOC1. The Kier molecular flexibility index (Phi) is 3.68. The average Bonchev–Trinajstić information content (AvgIpc) is 2.97. The molecule has 0 aromatic carbocycles. The van der Waals surface area contributed by atoms with Crippen LogP contribution in [-0.4, -0.2) is 68.1 Å². The van der Waals surface area contributed by atoms with E-state index in [1.807, 2.05) is 0 Å². The van der Waals surface area contributed by atoms with E-state index in [-0.39, 0.29) is 5.41 Å². The number of hydrogen-bond donors (Lipinski definition) is 0. The molecular formula is C14H24N2O2. The molecule has 2 atom stereocenters. The molecule has 0 aromatic heterocycles. The van der Waals surface area contributed by atoms with E-state index in [0.717, 1.165) is 45.0 Å². The number of ether oxygens (including phenoxy) is 1. The lowest BCUT2D eigenvalue weighted by Gasteiger charge is -2.31. The molecule has 3 saturated heterocycles.